The molecule has 0 radical (unpaired) electrons. The second-order valence-electron chi connectivity index (χ2n) is 13.3. The number of rotatable bonds is 9. The van der Waals surface area contributed by atoms with Crippen molar-refractivity contribution in [3.63, 3.8) is 0 Å². The minimum atomic E-state index is 0. The average Bonchev–Trinajstić information content (AvgIpc) is 2.81. The zero-order chi connectivity index (χ0) is 24.1. The molecule has 6 atom stereocenters. The Labute approximate surface area is 240 Å². The first kappa shape index (κ1) is 37.8. The Hall–Kier alpha value is -0.210. The monoisotopic (exact) mass is 561 g/mol. The van der Waals surface area contributed by atoms with Gasteiger partial charge in [-0.15, -0.1) is 0 Å². The fourth-order valence-electron chi connectivity index (χ4n) is 8.15. The summed E-state index contributed by atoms with van der Waals surface area (Å²) in [5.74, 6) is 4.28. The van der Waals surface area contributed by atoms with Gasteiger partial charge in [0.2, 0.25) is 0 Å². The number of nitrogens with one attached hydrogen (secondary N) is 2. The maximum absolute atomic E-state index is 6.27. The molecule has 2 heterocycles. The lowest BCUT2D eigenvalue weighted by molar-refractivity contribution is 0.0118. The number of allylic oxidation sites excluding steroid dienone is 2. The first-order valence-electron chi connectivity index (χ1n) is 14.9. The SMILES string of the molecule is C.CC(C)[C@H](CN1CCC(C2CC=C(Cl)CC2)C(C)(C)C1)NCCCC1CCNC2CCCCC12.O.O.O. The molecule has 8 N–H and O–H groups in total. The second-order valence-corrected chi connectivity index (χ2v) is 13.8. The van der Waals surface area contributed by atoms with E-state index in [-0.39, 0.29) is 23.9 Å². The van der Waals surface area contributed by atoms with E-state index in [1.165, 1.54) is 96.9 Å². The normalized spacial score (nSPS) is 31.8. The van der Waals surface area contributed by atoms with Gasteiger partial charge in [-0.25, -0.2) is 0 Å². The van der Waals surface area contributed by atoms with E-state index in [9.17, 15) is 0 Å². The van der Waals surface area contributed by atoms with Gasteiger partial charge in [0.25, 0.3) is 0 Å². The fourth-order valence-corrected chi connectivity index (χ4v) is 8.35. The van der Waals surface area contributed by atoms with Crippen LogP contribution in [0.4, 0.5) is 0 Å². The standard InChI is InChI=1S/C30H54ClN3.CH4.3H2O/c1-22(2)29(32-17-7-8-23-15-18-33-28-10-6-5-9-26(23)28)20-34-19-16-27(30(3,4)21-34)24-11-13-25(31)14-12-24;;;;/h13,22-24,26-29,32-33H,5-12,14-21H2,1-4H3;1H4;3*1H2/t23?,24?,26?,27?,28?,29-;;;;/m0..../s1. The molecular weight excluding hydrogens is 498 g/mol. The van der Waals surface area contributed by atoms with Crippen LogP contribution in [-0.4, -0.2) is 66.1 Å². The van der Waals surface area contributed by atoms with Gasteiger partial charge in [-0.05, 0) is 112 Å². The smallest absolute Gasteiger partial charge is 0.0217 e. The van der Waals surface area contributed by atoms with Gasteiger partial charge < -0.3 is 32.0 Å². The number of likely N-dealkylation sites (tertiary alicyclic amines) is 1. The zero-order valence-electron chi connectivity index (χ0n) is 24.3. The Morgan fingerprint density at radius 1 is 1.08 bits per heavy atom. The average molecular weight is 562 g/mol. The topological polar surface area (TPSA) is 122 Å². The Bertz CT molecular complexity index is 673. The van der Waals surface area contributed by atoms with Crippen molar-refractivity contribution in [3.05, 3.63) is 11.1 Å². The van der Waals surface area contributed by atoms with Gasteiger partial charge in [0.15, 0.2) is 0 Å². The van der Waals surface area contributed by atoms with E-state index < -0.39 is 0 Å². The van der Waals surface area contributed by atoms with Crippen molar-refractivity contribution in [2.24, 2.45) is 35.0 Å². The molecule has 3 fully saturated rings. The van der Waals surface area contributed by atoms with Crippen LogP contribution < -0.4 is 10.6 Å². The highest BCUT2D eigenvalue weighted by Gasteiger charge is 2.41. The van der Waals surface area contributed by atoms with Crippen LogP contribution in [0.1, 0.15) is 106 Å². The third kappa shape index (κ3) is 10.0. The lowest BCUT2D eigenvalue weighted by Crippen LogP contribution is -2.53. The van der Waals surface area contributed by atoms with Crippen LogP contribution >= 0.6 is 11.6 Å². The van der Waals surface area contributed by atoms with Crippen molar-refractivity contribution in [2.45, 2.75) is 118 Å². The summed E-state index contributed by atoms with van der Waals surface area (Å²) in [5.41, 5.74) is 0.396. The van der Waals surface area contributed by atoms with Crippen LogP contribution in [0.15, 0.2) is 11.1 Å². The number of fused-ring (bicyclic) bond motifs is 1. The third-order valence-electron chi connectivity index (χ3n) is 10.1. The number of nitrogens with zero attached hydrogens (tertiary/aromatic N) is 1. The number of halogens is 1. The molecule has 0 amide bonds. The predicted octanol–water partition coefficient (Wildman–Crippen LogP) is 4.98. The molecule has 0 aromatic carbocycles. The van der Waals surface area contributed by atoms with E-state index in [4.69, 9.17) is 11.6 Å². The maximum atomic E-state index is 6.27. The van der Waals surface area contributed by atoms with Crippen LogP contribution in [0.5, 0.6) is 0 Å². The van der Waals surface area contributed by atoms with Crippen LogP contribution in [0.2, 0.25) is 0 Å². The molecule has 2 aliphatic carbocycles. The number of hydrogen-bond donors (Lipinski definition) is 2. The molecule has 1 saturated carbocycles. The van der Waals surface area contributed by atoms with Gasteiger partial charge in [-0.2, -0.15) is 0 Å². The largest absolute Gasteiger partial charge is 0.412 e. The molecule has 5 unspecified atom stereocenters. The van der Waals surface area contributed by atoms with Gasteiger partial charge in [0.1, 0.15) is 0 Å². The summed E-state index contributed by atoms with van der Waals surface area (Å²) in [7, 11) is 0. The molecule has 2 saturated heterocycles. The van der Waals surface area contributed by atoms with E-state index in [2.05, 4.69) is 49.3 Å². The Kier molecular flexibility index (Phi) is 17.5. The van der Waals surface area contributed by atoms with Crippen molar-refractivity contribution in [1.29, 1.82) is 0 Å². The van der Waals surface area contributed by atoms with E-state index in [0.29, 0.717) is 17.4 Å². The fraction of sp³-hybridized carbons (Fsp3) is 0.935. The van der Waals surface area contributed by atoms with Crippen molar-refractivity contribution >= 4 is 11.6 Å². The lowest BCUT2D eigenvalue weighted by atomic mass is 9.65. The molecule has 4 rings (SSSR count). The number of hydrogen-bond acceptors (Lipinski definition) is 3. The molecule has 0 spiro atoms. The summed E-state index contributed by atoms with van der Waals surface area (Å²) in [4.78, 5) is 2.78. The Morgan fingerprint density at radius 3 is 2.47 bits per heavy atom. The molecule has 2 aliphatic heterocycles. The van der Waals surface area contributed by atoms with Crippen LogP contribution in [0, 0.1) is 35.0 Å². The highest BCUT2D eigenvalue weighted by Crippen LogP contribution is 2.45. The first-order valence-corrected chi connectivity index (χ1v) is 15.2. The second kappa shape index (κ2) is 17.6. The van der Waals surface area contributed by atoms with Gasteiger partial charge in [-0.1, -0.05) is 65.6 Å². The summed E-state index contributed by atoms with van der Waals surface area (Å²) in [6.07, 6.45) is 17.2. The molecule has 6 nitrogen and oxygen atoms in total. The Balaban J connectivity index is 0.00000342. The quantitative estimate of drug-likeness (QED) is 0.386. The van der Waals surface area contributed by atoms with Gasteiger partial charge in [0, 0.05) is 30.2 Å². The van der Waals surface area contributed by atoms with Crippen molar-refractivity contribution in [2.75, 3.05) is 32.7 Å². The molecule has 38 heavy (non-hydrogen) atoms. The van der Waals surface area contributed by atoms with E-state index >= 15 is 0 Å². The van der Waals surface area contributed by atoms with Crippen LogP contribution in [0.25, 0.3) is 0 Å². The van der Waals surface area contributed by atoms with Crippen LogP contribution in [0.3, 0.4) is 0 Å². The summed E-state index contributed by atoms with van der Waals surface area (Å²) in [5, 5.41) is 8.92. The molecule has 228 valence electrons. The summed E-state index contributed by atoms with van der Waals surface area (Å²) < 4.78 is 0. The first-order chi connectivity index (χ1) is 16.3. The summed E-state index contributed by atoms with van der Waals surface area (Å²) >= 11 is 6.27. The summed E-state index contributed by atoms with van der Waals surface area (Å²) in [6, 6.07) is 1.44. The lowest BCUT2D eigenvalue weighted by Gasteiger charge is -2.49. The molecule has 0 aromatic rings. The van der Waals surface area contributed by atoms with Gasteiger partial charge >= 0.3 is 0 Å². The van der Waals surface area contributed by atoms with Crippen molar-refractivity contribution in [1.82, 2.24) is 15.5 Å². The molecule has 0 bridgehead atoms. The van der Waals surface area contributed by atoms with Crippen LogP contribution in [-0.2, 0) is 0 Å². The molecule has 4 aliphatic rings. The van der Waals surface area contributed by atoms with Gasteiger partial charge in [0.05, 0.1) is 0 Å². The molecular formula is C31H64ClN3O3. The number of piperidine rings is 2. The van der Waals surface area contributed by atoms with Gasteiger partial charge in [-0.3, -0.25) is 0 Å². The predicted molar refractivity (Wildman–Crippen MR) is 165 cm³/mol. The van der Waals surface area contributed by atoms with E-state index in [1.807, 2.05) is 0 Å². The summed E-state index contributed by atoms with van der Waals surface area (Å²) in [6.45, 7) is 16.0. The van der Waals surface area contributed by atoms with Crippen molar-refractivity contribution < 1.29 is 16.4 Å². The molecule has 7 heteroatoms. The highest BCUT2D eigenvalue weighted by molar-refractivity contribution is 6.29. The highest BCUT2D eigenvalue weighted by atomic mass is 35.5. The minimum absolute atomic E-state index is 0. The third-order valence-corrected chi connectivity index (χ3v) is 10.5. The zero-order valence-corrected chi connectivity index (χ0v) is 25.0. The van der Waals surface area contributed by atoms with Crippen molar-refractivity contribution in [3.8, 4) is 0 Å². The minimum Gasteiger partial charge on any atom is -0.412 e. The molecule has 0 aromatic heterocycles. The Morgan fingerprint density at radius 2 is 1.82 bits per heavy atom. The maximum Gasteiger partial charge on any atom is 0.0217 e. The van der Waals surface area contributed by atoms with E-state index in [0.717, 1.165) is 41.2 Å². The van der Waals surface area contributed by atoms with E-state index in [1.54, 1.807) is 0 Å².